The predicted octanol–water partition coefficient (Wildman–Crippen LogP) is 0.169. The lowest BCUT2D eigenvalue weighted by atomic mass is 10.3. The van der Waals surface area contributed by atoms with Gasteiger partial charge in [-0.05, 0) is 12.1 Å². The fourth-order valence-electron chi connectivity index (χ4n) is 1.85. The van der Waals surface area contributed by atoms with Crippen molar-refractivity contribution < 1.29 is 28.6 Å². The average molecular weight is 308 g/mol. The van der Waals surface area contributed by atoms with Crippen LogP contribution in [0.4, 0.5) is 4.79 Å². The summed E-state index contributed by atoms with van der Waals surface area (Å²) in [6.07, 6.45) is 0. The molecule has 0 saturated carbocycles. The minimum atomic E-state index is -0.709. The van der Waals surface area contributed by atoms with Crippen LogP contribution in [0.5, 0.6) is 11.5 Å². The number of methoxy groups -OCH3 is 1. The number of hydrogen-bond donors (Lipinski definition) is 1. The van der Waals surface area contributed by atoms with Gasteiger partial charge in [0.25, 0.3) is 5.91 Å². The van der Waals surface area contributed by atoms with Crippen molar-refractivity contribution in [3.05, 3.63) is 24.3 Å². The van der Waals surface area contributed by atoms with E-state index in [1.54, 1.807) is 24.3 Å². The molecule has 0 unspecified atom stereocenters. The highest BCUT2D eigenvalue weighted by atomic mass is 16.6. The average Bonchev–Trinajstić information content (AvgIpc) is 2.97. The minimum absolute atomic E-state index is 0.271. The molecular weight excluding hydrogens is 292 g/mol. The van der Waals surface area contributed by atoms with Crippen LogP contribution in [0, 0.1) is 0 Å². The second-order valence-corrected chi connectivity index (χ2v) is 4.38. The number of amides is 3. The van der Waals surface area contributed by atoms with Crippen LogP contribution in [-0.2, 0) is 14.3 Å². The van der Waals surface area contributed by atoms with Crippen LogP contribution in [0.1, 0.15) is 0 Å². The van der Waals surface area contributed by atoms with Gasteiger partial charge in [0.15, 0.2) is 24.7 Å². The molecule has 1 fully saturated rings. The normalized spacial score (nSPS) is 13.5. The topological polar surface area (TPSA) is 94.2 Å². The summed E-state index contributed by atoms with van der Waals surface area (Å²) in [6.45, 7) is -0.191. The van der Waals surface area contributed by atoms with Gasteiger partial charge in [-0.1, -0.05) is 12.1 Å². The van der Waals surface area contributed by atoms with Gasteiger partial charge in [-0.3, -0.25) is 9.69 Å². The zero-order valence-corrected chi connectivity index (χ0v) is 12.0. The molecule has 1 saturated heterocycles. The lowest BCUT2D eigenvalue weighted by Crippen LogP contribution is -2.37. The first kappa shape index (κ1) is 15.6. The highest BCUT2D eigenvalue weighted by Gasteiger charge is 2.26. The lowest BCUT2D eigenvalue weighted by molar-refractivity contribution is -0.152. The van der Waals surface area contributed by atoms with Crippen molar-refractivity contribution in [2.45, 2.75) is 0 Å². The maximum Gasteiger partial charge on any atom is 0.344 e. The molecule has 1 aliphatic heterocycles. The van der Waals surface area contributed by atoms with Crippen LogP contribution >= 0.6 is 0 Å². The summed E-state index contributed by atoms with van der Waals surface area (Å²) >= 11 is 0. The molecule has 8 nitrogen and oxygen atoms in total. The molecule has 0 aliphatic carbocycles. The van der Waals surface area contributed by atoms with Crippen molar-refractivity contribution >= 4 is 17.9 Å². The maximum atomic E-state index is 11.7. The molecule has 1 aromatic carbocycles. The van der Waals surface area contributed by atoms with Crippen molar-refractivity contribution in [2.75, 3.05) is 33.4 Å². The standard InChI is InChI=1S/C14H16N2O6/c1-20-10-4-2-3-5-11(10)21-9-13(18)22-8-12(17)16-7-6-15-14(16)19/h2-5H,6-9H2,1H3,(H,15,19). The van der Waals surface area contributed by atoms with Crippen molar-refractivity contribution in [1.29, 1.82) is 0 Å². The minimum Gasteiger partial charge on any atom is -0.493 e. The van der Waals surface area contributed by atoms with Gasteiger partial charge in [0.05, 0.1) is 7.11 Å². The monoisotopic (exact) mass is 308 g/mol. The fourth-order valence-corrected chi connectivity index (χ4v) is 1.85. The number of hydrogen-bond acceptors (Lipinski definition) is 6. The number of carbonyl (C=O) groups excluding carboxylic acids is 3. The Bertz CT molecular complexity index is 574. The SMILES string of the molecule is COc1ccccc1OCC(=O)OCC(=O)N1CCNC1=O. The van der Waals surface area contributed by atoms with Gasteiger partial charge < -0.3 is 19.5 Å². The summed E-state index contributed by atoms with van der Waals surface area (Å²) in [4.78, 5) is 35.5. The van der Waals surface area contributed by atoms with Gasteiger partial charge >= 0.3 is 12.0 Å². The summed E-state index contributed by atoms with van der Waals surface area (Å²) < 4.78 is 15.1. The first-order valence-corrected chi connectivity index (χ1v) is 6.61. The van der Waals surface area contributed by atoms with Gasteiger partial charge in [0.1, 0.15) is 0 Å². The second kappa shape index (κ2) is 7.30. The van der Waals surface area contributed by atoms with E-state index in [1.165, 1.54) is 7.11 Å². The Morgan fingerprint density at radius 2 is 1.95 bits per heavy atom. The second-order valence-electron chi connectivity index (χ2n) is 4.38. The zero-order chi connectivity index (χ0) is 15.9. The summed E-state index contributed by atoms with van der Waals surface area (Å²) in [5.74, 6) is -0.396. The van der Waals surface area contributed by atoms with Crippen LogP contribution in [0.15, 0.2) is 24.3 Å². The number of rotatable bonds is 6. The van der Waals surface area contributed by atoms with E-state index in [-0.39, 0.29) is 13.2 Å². The largest absolute Gasteiger partial charge is 0.493 e. The number of nitrogens with zero attached hydrogens (tertiary/aromatic N) is 1. The lowest BCUT2D eigenvalue weighted by Gasteiger charge is -2.13. The summed E-state index contributed by atoms with van der Waals surface area (Å²) in [6, 6.07) is 6.36. The molecule has 0 aromatic heterocycles. The van der Waals surface area contributed by atoms with Crippen LogP contribution < -0.4 is 14.8 Å². The van der Waals surface area contributed by atoms with E-state index < -0.39 is 24.5 Å². The van der Waals surface area contributed by atoms with E-state index in [0.717, 1.165) is 4.90 Å². The van der Waals surface area contributed by atoms with Gasteiger partial charge in [-0.15, -0.1) is 0 Å². The molecule has 0 spiro atoms. The van der Waals surface area contributed by atoms with Crippen LogP contribution in [0.3, 0.4) is 0 Å². The molecule has 1 aliphatic rings. The van der Waals surface area contributed by atoms with Crippen molar-refractivity contribution in [3.8, 4) is 11.5 Å². The van der Waals surface area contributed by atoms with E-state index in [9.17, 15) is 14.4 Å². The number of nitrogens with one attached hydrogen (secondary N) is 1. The first-order chi connectivity index (χ1) is 10.6. The third kappa shape index (κ3) is 3.87. The third-order valence-electron chi connectivity index (χ3n) is 2.93. The molecule has 1 aromatic rings. The molecule has 118 valence electrons. The molecule has 1 N–H and O–H groups in total. The van der Waals surface area contributed by atoms with E-state index >= 15 is 0 Å². The Morgan fingerprint density at radius 3 is 2.59 bits per heavy atom. The van der Waals surface area contributed by atoms with E-state index in [4.69, 9.17) is 14.2 Å². The number of urea groups is 1. The molecule has 8 heteroatoms. The number of imide groups is 1. The third-order valence-corrected chi connectivity index (χ3v) is 2.93. The number of benzene rings is 1. The zero-order valence-electron chi connectivity index (χ0n) is 12.0. The van der Waals surface area contributed by atoms with Crippen molar-refractivity contribution in [3.63, 3.8) is 0 Å². The van der Waals surface area contributed by atoms with Crippen molar-refractivity contribution in [2.24, 2.45) is 0 Å². The van der Waals surface area contributed by atoms with E-state index in [0.29, 0.717) is 18.0 Å². The van der Waals surface area contributed by atoms with Crippen molar-refractivity contribution in [1.82, 2.24) is 10.2 Å². The Morgan fingerprint density at radius 1 is 1.23 bits per heavy atom. The quantitative estimate of drug-likeness (QED) is 0.753. The smallest absolute Gasteiger partial charge is 0.344 e. The van der Waals surface area contributed by atoms with E-state index in [2.05, 4.69) is 5.32 Å². The van der Waals surface area contributed by atoms with Crippen LogP contribution in [-0.4, -0.2) is 56.2 Å². The molecule has 2 rings (SSSR count). The molecule has 0 bridgehead atoms. The molecule has 0 atom stereocenters. The molecular formula is C14H16N2O6. The van der Waals surface area contributed by atoms with Crippen LogP contribution in [0.2, 0.25) is 0 Å². The fraction of sp³-hybridized carbons (Fsp3) is 0.357. The molecule has 0 radical (unpaired) electrons. The van der Waals surface area contributed by atoms with Gasteiger partial charge in [0, 0.05) is 13.1 Å². The summed E-state index contributed by atoms with van der Waals surface area (Å²) in [5, 5.41) is 2.48. The summed E-state index contributed by atoms with van der Waals surface area (Å²) in [5.41, 5.74) is 0. The Kier molecular flexibility index (Phi) is 5.18. The Balaban J connectivity index is 1.76. The molecule has 22 heavy (non-hydrogen) atoms. The van der Waals surface area contributed by atoms with E-state index in [1.807, 2.05) is 0 Å². The first-order valence-electron chi connectivity index (χ1n) is 6.61. The number of para-hydroxylation sites is 2. The Hall–Kier alpha value is -2.77. The Labute approximate surface area is 126 Å². The highest BCUT2D eigenvalue weighted by molar-refractivity contribution is 5.96. The number of ether oxygens (including phenoxy) is 3. The highest BCUT2D eigenvalue weighted by Crippen LogP contribution is 2.25. The summed E-state index contributed by atoms with van der Waals surface area (Å²) in [7, 11) is 1.49. The van der Waals surface area contributed by atoms with Gasteiger partial charge in [-0.2, -0.15) is 0 Å². The molecule has 1 heterocycles. The number of esters is 1. The van der Waals surface area contributed by atoms with Crippen LogP contribution in [0.25, 0.3) is 0 Å². The molecule has 3 amide bonds. The van der Waals surface area contributed by atoms with Gasteiger partial charge in [-0.25, -0.2) is 9.59 Å². The van der Waals surface area contributed by atoms with Gasteiger partial charge in [0.2, 0.25) is 0 Å². The number of carbonyl (C=O) groups is 3. The predicted molar refractivity (Wildman–Crippen MR) is 74.6 cm³/mol. The maximum absolute atomic E-state index is 11.7.